The zero-order valence-electron chi connectivity index (χ0n) is 17.6. The van der Waals surface area contributed by atoms with Crippen molar-refractivity contribution >= 4 is 34.8 Å². The number of fused-ring (bicyclic) bond motifs is 1. The fraction of sp³-hybridized carbons (Fsp3) is 0.130. The Kier molecular flexibility index (Phi) is 6.14. The topological polar surface area (TPSA) is 112 Å². The van der Waals surface area contributed by atoms with E-state index >= 15 is 0 Å². The molecule has 4 rings (SSSR count). The number of halogens is 1. The van der Waals surface area contributed by atoms with Gasteiger partial charge >= 0.3 is 5.97 Å². The van der Waals surface area contributed by atoms with Gasteiger partial charge in [-0.05, 0) is 43.3 Å². The number of aryl methyl sites for hydroxylation is 1. The first-order valence-electron chi connectivity index (χ1n) is 9.76. The maximum Gasteiger partial charge on any atom is 0.338 e. The van der Waals surface area contributed by atoms with Crippen molar-refractivity contribution in [2.24, 2.45) is 0 Å². The summed E-state index contributed by atoms with van der Waals surface area (Å²) in [4.78, 5) is 41.5. The smallest absolute Gasteiger partial charge is 0.338 e. The number of carbonyl (C=O) groups is 2. The summed E-state index contributed by atoms with van der Waals surface area (Å²) >= 11 is 5.95. The Morgan fingerprint density at radius 3 is 2.70 bits per heavy atom. The van der Waals surface area contributed by atoms with Gasteiger partial charge in [-0.3, -0.25) is 9.59 Å². The van der Waals surface area contributed by atoms with Crippen molar-refractivity contribution in [3.63, 3.8) is 0 Å². The van der Waals surface area contributed by atoms with Gasteiger partial charge in [-0.2, -0.15) is 0 Å². The molecule has 33 heavy (non-hydrogen) atoms. The Bertz CT molecular complexity index is 1430. The number of amides is 1. The molecule has 0 atom stereocenters. The Morgan fingerprint density at radius 2 is 1.94 bits per heavy atom. The van der Waals surface area contributed by atoms with E-state index in [0.29, 0.717) is 27.7 Å². The van der Waals surface area contributed by atoms with E-state index in [0.717, 1.165) is 4.57 Å². The summed E-state index contributed by atoms with van der Waals surface area (Å²) in [6.07, 6.45) is 0. The molecule has 0 bridgehead atoms. The third-order valence-corrected chi connectivity index (χ3v) is 4.88. The van der Waals surface area contributed by atoms with E-state index in [-0.39, 0.29) is 23.6 Å². The molecule has 9 nitrogen and oxygen atoms in total. The number of nitrogens with zero attached hydrogens (tertiary/aromatic N) is 2. The van der Waals surface area contributed by atoms with E-state index in [4.69, 9.17) is 25.6 Å². The van der Waals surface area contributed by atoms with Gasteiger partial charge in [0, 0.05) is 22.7 Å². The highest BCUT2D eigenvalue weighted by Gasteiger charge is 2.16. The highest BCUT2D eigenvalue weighted by Crippen LogP contribution is 2.27. The van der Waals surface area contributed by atoms with Crippen LogP contribution in [-0.4, -0.2) is 28.5 Å². The predicted molar refractivity (Wildman–Crippen MR) is 120 cm³/mol. The molecule has 1 N–H and O–H groups in total. The summed E-state index contributed by atoms with van der Waals surface area (Å²) in [6, 6.07) is 13.8. The molecule has 2 aromatic heterocycles. The number of anilines is 1. The van der Waals surface area contributed by atoms with Crippen molar-refractivity contribution in [1.82, 2.24) is 9.56 Å². The van der Waals surface area contributed by atoms with Crippen LogP contribution in [0.1, 0.15) is 32.2 Å². The molecular formula is C23H18ClN3O6. The summed E-state index contributed by atoms with van der Waals surface area (Å²) in [5.74, 6) is -0.201. The third-order valence-electron chi connectivity index (χ3n) is 4.65. The maximum absolute atomic E-state index is 12.6. The third kappa shape index (κ3) is 4.88. The van der Waals surface area contributed by atoms with E-state index in [1.54, 1.807) is 31.2 Å². The van der Waals surface area contributed by atoms with Gasteiger partial charge in [0.25, 0.3) is 11.5 Å². The molecule has 0 saturated heterocycles. The van der Waals surface area contributed by atoms with Crippen LogP contribution >= 0.6 is 11.6 Å². The lowest BCUT2D eigenvalue weighted by atomic mass is 10.1. The second-order valence-electron chi connectivity index (χ2n) is 7.04. The molecule has 0 radical (unpaired) electrons. The minimum atomic E-state index is -0.665. The number of esters is 1. The molecular weight excluding hydrogens is 450 g/mol. The number of ether oxygens (including phenoxy) is 2. The Balaban J connectivity index is 1.51. The molecule has 0 aliphatic carbocycles. The van der Waals surface area contributed by atoms with Gasteiger partial charge in [-0.25, -0.2) is 9.78 Å². The average Bonchev–Trinajstić information content (AvgIpc) is 3.18. The van der Waals surface area contributed by atoms with Gasteiger partial charge in [0.05, 0.1) is 24.1 Å². The Labute approximate surface area is 192 Å². The molecule has 4 aromatic rings. The lowest BCUT2D eigenvalue weighted by molar-refractivity contribution is 0.0467. The maximum atomic E-state index is 12.6. The van der Waals surface area contributed by atoms with Gasteiger partial charge in [-0.15, -0.1) is 4.57 Å². The first kappa shape index (κ1) is 22.1. The molecule has 0 spiro atoms. The van der Waals surface area contributed by atoms with Crippen LogP contribution in [0.25, 0.3) is 5.65 Å². The van der Waals surface area contributed by atoms with Crippen LogP contribution in [0.5, 0.6) is 5.75 Å². The van der Waals surface area contributed by atoms with Crippen molar-refractivity contribution in [3.8, 4) is 5.75 Å². The number of carbonyl (C=O) groups excluding carboxylic acids is 2. The summed E-state index contributed by atoms with van der Waals surface area (Å²) in [7, 11) is 1.44. The van der Waals surface area contributed by atoms with Crippen LogP contribution in [0.3, 0.4) is 0 Å². The minimum Gasteiger partial charge on any atom is -0.495 e. The largest absolute Gasteiger partial charge is 0.495 e. The van der Waals surface area contributed by atoms with Crippen LogP contribution in [0, 0.1) is 6.92 Å². The van der Waals surface area contributed by atoms with Crippen LogP contribution in [0.4, 0.5) is 5.69 Å². The minimum absolute atomic E-state index is 0.175. The quantitative estimate of drug-likeness (QED) is 0.428. The lowest BCUT2D eigenvalue weighted by Gasteiger charge is -2.12. The molecule has 10 heteroatoms. The normalized spacial score (nSPS) is 10.8. The summed E-state index contributed by atoms with van der Waals surface area (Å²) < 4.78 is 16.9. The standard InChI is InChI=1S/C23H18ClN3O6/c1-13-8-20-25-17(11-21(28)27(20)33-13)12-32-23(30)15-6-7-19(31-2)18(10-15)26-22(29)14-4-3-5-16(24)9-14/h3-11H,12H2,1-2H3,(H,26,29). The van der Waals surface area contributed by atoms with E-state index in [9.17, 15) is 14.4 Å². The van der Waals surface area contributed by atoms with Crippen molar-refractivity contribution < 1.29 is 23.6 Å². The SMILES string of the molecule is COc1ccc(C(=O)OCc2cc(=O)n3oc(C)cc3n2)cc1NC(=O)c1cccc(Cl)c1. The van der Waals surface area contributed by atoms with E-state index in [2.05, 4.69) is 10.3 Å². The number of hydrogen-bond donors (Lipinski definition) is 1. The highest BCUT2D eigenvalue weighted by molar-refractivity contribution is 6.31. The first-order chi connectivity index (χ1) is 15.8. The fourth-order valence-corrected chi connectivity index (χ4v) is 3.32. The second kappa shape index (κ2) is 9.17. The first-order valence-corrected chi connectivity index (χ1v) is 10.1. The number of benzene rings is 2. The van der Waals surface area contributed by atoms with Crippen LogP contribution in [-0.2, 0) is 11.3 Å². The number of hydrogen-bond acceptors (Lipinski definition) is 7. The molecule has 0 unspecified atom stereocenters. The second-order valence-corrected chi connectivity index (χ2v) is 7.48. The van der Waals surface area contributed by atoms with Crippen molar-refractivity contribution in [1.29, 1.82) is 0 Å². The van der Waals surface area contributed by atoms with Crippen LogP contribution < -0.4 is 15.6 Å². The van der Waals surface area contributed by atoms with Crippen molar-refractivity contribution in [3.05, 3.63) is 92.6 Å². The lowest BCUT2D eigenvalue weighted by Crippen LogP contribution is -2.15. The summed E-state index contributed by atoms with van der Waals surface area (Å²) in [6.45, 7) is 1.48. The predicted octanol–water partition coefficient (Wildman–Crippen LogP) is 3.87. The molecule has 168 valence electrons. The van der Waals surface area contributed by atoms with Gasteiger partial charge < -0.3 is 19.3 Å². The molecule has 2 heterocycles. The van der Waals surface area contributed by atoms with Gasteiger partial charge in [-0.1, -0.05) is 17.7 Å². The molecule has 0 saturated carbocycles. The monoisotopic (exact) mass is 467 g/mol. The zero-order chi connectivity index (χ0) is 23.5. The summed E-state index contributed by atoms with van der Waals surface area (Å²) in [5.41, 5.74) is 0.978. The van der Waals surface area contributed by atoms with E-state index in [1.165, 1.54) is 37.4 Å². The van der Waals surface area contributed by atoms with Gasteiger partial charge in [0.2, 0.25) is 0 Å². The molecule has 0 aliphatic heterocycles. The molecule has 2 aromatic carbocycles. The van der Waals surface area contributed by atoms with Gasteiger partial charge in [0.15, 0.2) is 5.65 Å². The van der Waals surface area contributed by atoms with Crippen LogP contribution in [0.2, 0.25) is 5.02 Å². The van der Waals surface area contributed by atoms with E-state index in [1.807, 2.05) is 0 Å². The molecule has 1 amide bonds. The Morgan fingerprint density at radius 1 is 1.12 bits per heavy atom. The Hall–Kier alpha value is -4.11. The fourth-order valence-electron chi connectivity index (χ4n) is 3.13. The van der Waals surface area contributed by atoms with E-state index < -0.39 is 17.4 Å². The van der Waals surface area contributed by atoms with Crippen molar-refractivity contribution in [2.75, 3.05) is 12.4 Å². The van der Waals surface area contributed by atoms with Crippen molar-refractivity contribution in [2.45, 2.75) is 13.5 Å². The molecule has 0 aliphatic rings. The number of nitrogens with one attached hydrogen (secondary N) is 1. The highest BCUT2D eigenvalue weighted by atomic mass is 35.5. The zero-order valence-corrected chi connectivity index (χ0v) is 18.4. The average molecular weight is 468 g/mol. The van der Waals surface area contributed by atoms with Crippen LogP contribution in [0.15, 0.2) is 63.9 Å². The molecule has 0 fully saturated rings. The summed E-state index contributed by atoms with van der Waals surface area (Å²) in [5, 5.41) is 3.13. The number of methoxy groups -OCH3 is 1. The number of rotatable bonds is 6. The number of aromatic nitrogens is 2. The van der Waals surface area contributed by atoms with Gasteiger partial charge in [0.1, 0.15) is 18.1 Å².